The fourth-order valence-electron chi connectivity index (χ4n) is 2.47. The summed E-state index contributed by atoms with van der Waals surface area (Å²) in [5, 5.41) is 4.56. The van der Waals surface area contributed by atoms with Gasteiger partial charge < -0.3 is 19.5 Å². The molecule has 1 N–H and O–H groups in total. The number of alkyl halides is 3. The zero-order valence-corrected chi connectivity index (χ0v) is 17.1. The molecule has 0 radical (unpaired) electrons. The second-order valence-electron chi connectivity index (χ2n) is 6.22. The molecule has 0 saturated heterocycles. The number of hydrogen-bond acceptors (Lipinski definition) is 7. The number of amides is 1. The summed E-state index contributed by atoms with van der Waals surface area (Å²) < 4.78 is 52.4. The van der Waals surface area contributed by atoms with E-state index >= 15 is 0 Å². The molecule has 0 atom stereocenters. The molecule has 1 aromatic carbocycles. The molecule has 0 aliphatic rings. The number of nitrogens with zero attached hydrogens (tertiary/aromatic N) is 2. The second kappa shape index (κ2) is 10.1. The predicted molar refractivity (Wildman–Crippen MR) is 106 cm³/mol. The van der Waals surface area contributed by atoms with E-state index in [1.54, 1.807) is 23.7 Å². The summed E-state index contributed by atoms with van der Waals surface area (Å²) in [5.41, 5.74) is 3.36. The minimum atomic E-state index is -4.46. The van der Waals surface area contributed by atoms with Gasteiger partial charge in [-0.05, 0) is 29.8 Å². The van der Waals surface area contributed by atoms with Crippen molar-refractivity contribution in [1.82, 2.24) is 15.3 Å². The lowest BCUT2D eigenvalue weighted by Crippen LogP contribution is -2.23. The van der Waals surface area contributed by atoms with Crippen molar-refractivity contribution >= 4 is 17.2 Å². The number of benzene rings is 1. The number of rotatable bonds is 9. The van der Waals surface area contributed by atoms with Gasteiger partial charge in [0.25, 0.3) is 5.91 Å². The predicted octanol–water partition coefficient (Wildman–Crippen LogP) is 4.00. The highest BCUT2D eigenvalue weighted by molar-refractivity contribution is 7.07. The number of halogens is 3. The minimum Gasteiger partial charge on any atom is -0.493 e. The van der Waals surface area contributed by atoms with Gasteiger partial charge in [0.15, 0.2) is 18.1 Å². The number of carbonyl (C=O) groups excluding carboxylic acids is 1. The quantitative estimate of drug-likeness (QED) is 0.528. The van der Waals surface area contributed by atoms with Crippen LogP contribution in [0.4, 0.5) is 13.2 Å². The molecule has 31 heavy (non-hydrogen) atoms. The summed E-state index contributed by atoms with van der Waals surface area (Å²) in [6, 6.07) is 7.64. The van der Waals surface area contributed by atoms with Gasteiger partial charge in [0.05, 0.1) is 18.3 Å². The maximum Gasteiger partial charge on any atom is 0.422 e. The van der Waals surface area contributed by atoms with Crippen LogP contribution in [0.25, 0.3) is 0 Å². The van der Waals surface area contributed by atoms with E-state index in [2.05, 4.69) is 20.0 Å². The molecule has 11 heteroatoms. The Morgan fingerprint density at radius 1 is 1.13 bits per heavy atom. The number of pyridine rings is 1. The monoisotopic (exact) mass is 453 g/mol. The topological polar surface area (TPSA) is 82.6 Å². The molecule has 0 aliphatic heterocycles. The van der Waals surface area contributed by atoms with Gasteiger partial charge in [-0.1, -0.05) is 0 Å². The van der Waals surface area contributed by atoms with Crippen LogP contribution in [0.3, 0.4) is 0 Å². The number of hydrogen-bond donors (Lipinski definition) is 1. The highest BCUT2D eigenvalue weighted by Crippen LogP contribution is 2.29. The molecular weight excluding hydrogens is 435 g/mol. The average molecular weight is 453 g/mol. The summed E-state index contributed by atoms with van der Waals surface area (Å²) in [6.45, 7) is -1.09. The fourth-order valence-corrected chi connectivity index (χ4v) is 3.01. The van der Waals surface area contributed by atoms with Gasteiger partial charge in [-0.15, -0.1) is 11.3 Å². The smallest absolute Gasteiger partial charge is 0.422 e. The number of carbonyl (C=O) groups is 1. The van der Waals surface area contributed by atoms with Gasteiger partial charge in [-0.2, -0.15) is 13.2 Å². The molecule has 1 amide bonds. The Kier molecular flexibility index (Phi) is 7.29. The Balaban J connectivity index is 1.59. The highest BCUT2D eigenvalue weighted by Gasteiger charge is 2.28. The van der Waals surface area contributed by atoms with Gasteiger partial charge in [0.1, 0.15) is 6.61 Å². The van der Waals surface area contributed by atoms with E-state index in [4.69, 9.17) is 9.47 Å². The normalized spacial score (nSPS) is 11.1. The van der Waals surface area contributed by atoms with Crippen molar-refractivity contribution in [1.29, 1.82) is 0 Å². The van der Waals surface area contributed by atoms with Crippen LogP contribution in [0, 0.1) is 0 Å². The first-order chi connectivity index (χ1) is 14.8. The molecule has 0 unspecified atom stereocenters. The average Bonchev–Trinajstić information content (AvgIpc) is 3.28. The van der Waals surface area contributed by atoms with Crippen molar-refractivity contribution in [2.75, 3.05) is 13.7 Å². The first-order valence-corrected chi connectivity index (χ1v) is 9.89. The summed E-state index contributed by atoms with van der Waals surface area (Å²) in [5.74, 6) is 0.286. The molecule has 3 rings (SSSR count). The highest BCUT2D eigenvalue weighted by atomic mass is 32.1. The van der Waals surface area contributed by atoms with Crippen molar-refractivity contribution in [3.05, 3.63) is 64.2 Å². The lowest BCUT2D eigenvalue weighted by molar-refractivity contribution is -0.154. The molecule has 0 spiro atoms. The molecule has 2 heterocycles. The van der Waals surface area contributed by atoms with Crippen molar-refractivity contribution in [2.24, 2.45) is 0 Å². The first-order valence-electron chi connectivity index (χ1n) is 8.94. The van der Waals surface area contributed by atoms with Crippen LogP contribution in [0.2, 0.25) is 0 Å². The molecule has 0 saturated carbocycles. The zero-order chi connectivity index (χ0) is 22.3. The third kappa shape index (κ3) is 6.85. The largest absolute Gasteiger partial charge is 0.493 e. The number of nitrogens with one attached hydrogen (secondary N) is 1. The van der Waals surface area contributed by atoms with Gasteiger partial charge >= 0.3 is 6.18 Å². The summed E-state index contributed by atoms with van der Waals surface area (Å²) in [7, 11) is 1.46. The van der Waals surface area contributed by atoms with E-state index in [-0.39, 0.29) is 24.9 Å². The van der Waals surface area contributed by atoms with Crippen LogP contribution >= 0.6 is 11.3 Å². The number of ether oxygens (including phenoxy) is 3. The van der Waals surface area contributed by atoms with Crippen LogP contribution in [0.1, 0.15) is 21.6 Å². The van der Waals surface area contributed by atoms with Crippen LogP contribution in [0.15, 0.2) is 47.4 Å². The van der Waals surface area contributed by atoms with Crippen molar-refractivity contribution in [2.45, 2.75) is 19.3 Å². The Bertz CT molecular complexity index is 1010. The summed E-state index contributed by atoms with van der Waals surface area (Å²) in [6.07, 6.45) is -3.15. The van der Waals surface area contributed by atoms with E-state index in [0.717, 1.165) is 5.69 Å². The Morgan fingerprint density at radius 2 is 1.97 bits per heavy atom. The molecule has 0 aliphatic carbocycles. The molecule has 7 nitrogen and oxygen atoms in total. The SMILES string of the molecule is COc1cc(C(=O)NCc2ccnc(OCC(F)(F)F)c2)ccc1OCc1cscn1. The van der Waals surface area contributed by atoms with E-state index in [1.807, 2.05) is 5.38 Å². The zero-order valence-electron chi connectivity index (χ0n) is 16.3. The van der Waals surface area contributed by atoms with Crippen LogP contribution in [-0.2, 0) is 13.2 Å². The van der Waals surface area contributed by atoms with Gasteiger partial charge in [0.2, 0.25) is 5.88 Å². The standard InChI is InChI=1S/C20H18F3N3O4S/c1-28-17-7-14(2-3-16(17)29-9-15-10-31-12-26-15)19(27)25-8-13-4-5-24-18(6-13)30-11-20(21,22)23/h2-7,10,12H,8-9,11H2,1H3,(H,25,27). The van der Waals surface area contributed by atoms with E-state index < -0.39 is 12.8 Å². The van der Waals surface area contributed by atoms with E-state index in [1.165, 1.54) is 36.8 Å². The van der Waals surface area contributed by atoms with Crippen LogP contribution < -0.4 is 19.5 Å². The Morgan fingerprint density at radius 3 is 2.68 bits per heavy atom. The first kappa shape index (κ1) is 22.3. The maximum atomic E-state index is 12.5. The number of thiazole rings is 1. The van der Waals surface area contributed by atoms with E-state index in [9.17, 15) is 18.0 Å². The lowest BCUT2D eigenvalue weighted by atomic mass is 10.1. The third-order valence-electron chi connectivity index (χ3n) is 3.92. The molecule has 164 valence electrons. The molecule has 0 bridgehead atoms. The van der Waals surface area contributed by atoms with Crippen LogP contribution in [0.5, 0.6) is 17.4 Å². The molecular formula is C20H18F3N3O4S. The van der Waals surface area contributed by atoms with Crippen molar-refractivity contribution in [3.63, 3.8) is 0 Å². The fraction of sp³-hybridized carbons (Fsp3) is 0.250. The summed E-state index contributed by atoms with van der Waals surface area (Å²) in [4.78, 5) is 20.3. The summed E-state index contributed by atoms with van der Waals surface area (Å²) >= 11 is 1.46. The third-order valence-corrected chi connectivity index (χ3v) is 4.56. The lowest BCUT2D eigenvalue weighted by Gasteiger charge is -2.12. The van der Waals surface area contributed by atoms with Crippen molar-refractivity contribution in [3.8, 4) is 17.4 Å². The molecule has 0 fully saturated rings. The maximum absolute atomic E-state index is 12.5. The Labute approximate surface area is 179 Å². The minimum absolute atomic E-state index is 0.0775. The molecule has 2 aromatic heterocycles. The van der Waals surface area contributed by atoms with Crippen molar-refractivity contribution < 1.29 is 32.2 Å². The molecule has 3 aromatic rings. The Hall–Kier alpha value is -3.34. The van der Waals surface area contributed by atoms with Gasteiger partial charge in [-0.3, -0.25) is 4.79 Å². The van der Waals surface area contributed by atoms with E-state index in [0.29, 0.717) is 22.6 Å². The van der Waals surface area contributed by atoms with Gasteiger partial charge in [-0.25, -0.2) is 9.97 Å². The van der Waals surface area contributed by atoms with Gasteiger partial charge in [0, 0.05) is 29.8 Å². The van der Waals surface area contributed by atoms with Crippen LogP contribution in [-0.4, -0.2) is 35.8 Å². The number of aromatic nitrogens is 2. The number of methoxy groups -OCH3 is 1. The second-order valence-corrected chi connectivity index (χ2v) is 6.94.